The van der Waals surface area contributed by atoms with Crippen LogP contribution in [0.25, 0.3) is 0 Å². The van der Waals surface area contributed by atoms with E-state index >= 15 is 0 Å². The van der Waals surface area contributed by atoms with Crippen LogP contribution >= 0.6 is 0 Å². The Labute approximate surface area is 114 Å². The second-order valence-corrected chi connectivity index (χ2v) is 6.00. The lowest BCUT2D eigenvalue weighted by molar-refractivity contribution is 0.0772. The summed E-state index contributed by atoms with van der Waals surface area (Å²) in [4.78, 5) is 14.0. The summed E-state index contributed by atoms with van der Waals surface area (Å²) >= 11 is 0. The zero-order valence-corrected chi connectivity index (χ0v) is 12.5. The van der Waals surface area contributed by atoms with Crippen molar-refractivity contribution in [3.63, 3.8) is 0 Å². The summed E-state index contributed by atoms with van der Waals surface area (Å²) in [6.07, 6.45) is 0. The number of carbonyl (C=O) groups excluding carboxylic acids is 1. The molecule has 1 amide bonds. The van der Waals surface area contributed by atoms with E-state index in [-0.39, 0.29) is 10.8 Å². The molecule has 0 fully saturated rings. The van der Waals surface area contributed by atoms with Crippen LogP contribution in [0.1, 0.15) is 35.3 Å². The summed E-state index contributed by atoms with van der Waals surface area (Å²) in [6.45, 7) is 8.49. The molecule has 1 rings (SSSR count). The van der Waals surface area contributed by atoms with Crippen LogP contribution in [0.5, 0.6) is 0 Å². The molecule has 106 valence electrons. The van der Waals surface area contributed by atoms with Crippen molar-refractivity contribution >= 4 is 15.9 Å². The van der Waals surface area contributed by atoms with E-state index < -0.39 is 10.0 Å². The third-order valence-corrected chi connectivity index (χ3v) is 4.14. The van der Waals surface area contributed by atoms with Gasteiger partial charge in [-0.15, -0.1) is 0 Å². The highest BCUT2D eigenvalue weighted by Crippen LogP contribution is 2.20. The number of hydrogen-bond donors (Lipinski definition) is 1. The highest BCUT2D eigenvalue weighted by atomic mass is 32.2. The van der Waals surface area contributed by atoms with Gasteiger partial charge in [-0.3, -0.25) is 4.79 Å². The van der Waals surface area contributed by atoms with Crippen LogP contribution < -0.4 is 5.14 Å². The fourth-order valence-electron chi connectivity index (χ4n) is 1.89. The quantitative estimate of drug-likeness (QED) is 0.908. The van der Waals surface area contributed by atoms with Crippen LogP contribution in [0.2, 0.25) is 0 Å². The van der Waals surface area contributed by atoms with Crippen LogP contribution in [-0.2, 0) is 10.0 Å². The largest absolute Gasteiger partial charge is 0.339 e. The molecule has 0 heterocycles. The van der Waals surface area contributed by atoms with Gasteiger partial charge in [0, 0.05) is 18.7 Å². The monoisotopic (exact) mass is 284 g/mol. The van der Waals surface area contributed by atoms with Crippen molar-refractivity contribution < 1.29 is 13.2 Å². The lowest BCUT2D eigenvalue weighted by Gasteiger charge is -2.21. The summed E-state index contributed by atoms with van der Waals surface area (Å²) in [5, 5.41) is 5.13. The average Bonchev–Trinajstić information content (AvgIpc) is 2.32. The van der Waals surface area contributed by atoms with E-state index in [0.717, 1.165) is 11.1 Å². The molecule has 0 aliphatic rings. The Morgan fingerprint density at radius 2 is 1.74 bits per heavy atom. The summed E-state index contributed by atoms with van der Waals surface area (Å²) in [7, 11) is -3.81. The molecule has 0 bridgehead atoms. The van der Waals surface area contributed by atoms with Crippen LogP contribution in [-0.4, -0.2) is 32.3 Å². The predicted octanol–water partition coefficient (Wildman–Crippen LogP) is 1.43. The van der Waals surface area contributed by atoms with Gasteiger partial charge in [0.1, 0.15) is 0 Å². The van der Waals surface area contributed by atoms with Gasteiger partial charge in [-0.05, 0) is 51.0 Å². The number of sulfonamides is 1. The molecule has 0 spiro atoms. The lowest BCUT2D eigenvalue weighted by Crippen LogP contribution is -2.31. The number of primary sulfonamides is 1. The SMILES string of the molecule is CCN(CC)C(=O)c1cc(S(N)(=O)=O)cc(C)c1C. The molecule has 0 saturated carbocycles. The van der Waals surface area contributed by atoms with Gasteiger partial charge in [-0.1, -0.05) is 0 Å². The van der Waals surface area contributed by atoms with Gasteiger partial charge in [-0.25, -0.2) is 13.6 Å². The van der Waals surface area contributed by atoms with Crippen molar-refractivity contribution in [2.75, 3.05) is 13.1 Å². The molecule has 0 saturated heterocycles. The normalized spacial score (nSPS) is 11.4. The number of carbonyl (C=O) groups is 1. The Morgan fingerprint density at radius 1 is 1.21 bits per heavy atom. The minimum absolute atomic E-state index is 0.0221. The van der Waals surface area contributed by atoms with Crippen LogP contribution in [0.4, 0.5) is 0 Å². The first-order valence-corrected chi connectivity index (χ1v) is 7.70. The molecule has 19 heavy (non-hydrogen) atoms. The molecule has 0 atom stereocenters. The van der Waals surface area contributed by atoms with E-state index in [0.29, 0.717) is 18.7 Å². The Balaban J connectivity index is 3.43. The van der Waals surface area contributed by atoms with Crippen molar-refractivity contribution in [3.8, 4) is 0 Å². The van der Waals surface area contributed by atoms with E-state index in [1.807, 2.05) is 13.8 Å². The van der Waals surface area contributed by atoms with Gasteiger partial charge in [0.15, 0.2) is 0 Å². The molecule has 6 heteroatoms. The fourth-order valence-corrected chi connectivity index (χ4v) is 2.52. The topological polar surface area (TPSA) is 80.5 Å². The summed E-state index contributed by atoms with van der Waals surface area (Å²) in [5.41, 5.74) is 1.92. The van der Waals surface area contributed by atoms with Gasteiger partial charge >= 0.3 is 0 Å². The Morgan fingerprint density at radius 3 is 2.16 bits per heavy atom. The number of rotatable bonds is 4. The molecular formula is C13H20N2O3S. The Bertz CT molecular complexity index is 590. The first kappa shape index (κ1) is 15.7. The maximum atomic E-state index is 12.3. The number of amides is 1. The first-order chi connectivity index (χ1) is 8.72. The summed E-state index contributed by atoms with van der Waals surface area (Å²) in [6, 6.07) is 2.85. The highest BCUT2D eigenvalue weighted by molar-refractivity contribution is 7.89. The van der Waals surface area contributed by atoms with Gasteiger partial charge in [0.25, 0.3) is 5.91 Å². The lowest BCUT2D eigenvalue weighted by atomic mass is 10.0. The van der Waals surface area contributed by atoms with E-state index in [4.69, 9.17) is 5.14 Å². The zero-order valence-electron chi connectivity index (χ0n) is 11.7. The molecular weight excluding hydrogens is 264 g/mol. The van der Waals surface area contributed by atoms with E-state index in [9.17, 15) is 13.2 Å². The van der Waals surface area contributed by atoms with Crippen molar-refractivity contribution in [1.82, 2.24) is 4.90 Å². The average molecular weight is 284 g/mol. The first-order valence-electron chi connectivity index (χ1n) is 6.15. The van der Waals surface area contributed by atoms with Crippen molar-refractivity contribution in [2.24, 2.45) is 5.14 Å². The van der Waals surface area contributed by atoms with Crippen molar-refractivity contribution in [1.29, 1.82) is 0 Å². The van der Waals surface area contributed by atoms with Crippen molar-refractivity contribution in [3.05, 3.63) is 28.8 Å². The molecule has 0 aliphatic carbocycles. The number of benzene rings is 1. The van der Waals surface area contributed by atoms with Crippen molar-refractivity contribution in [2.45, 2.75) is 32.6 Å². The second kappa shape index (κ2) is 5.71. The molecule has 2 N–H and O–H groups in total. The fraction of sp³-hybridized carbons (Fsp3) is 0.462. The van der Waals surface area contributed by atoms with Gasteiger partial charge in [0.05, 0.1) is 4.90 Å². The number of aryl methyl sites for hydroxylation is 1. The number of nitrogens with two attached hydrogens (primary N) is 1. The third kappa shape index (κ3) is 3.33. The molecule has 0 unspecified atom stereocenters. The minimum Gasteiger partial charge on any atom is -0.339 e. The standard InChI is InChI=1S/C13H20N2O3S/c1-5-15(6-2)13(16)12-8-11(19(14,17)18)7-9(3)10(12)4/h7-8H,5-6H2,1-4H3,(H2,14,17,18). The number of nitrogens with zero attached hydrogens (tertiary/aromatic N) is 1. The number of hydrogen-bond acceptors (Lipinski definition) is 3. The second-order valence-electron chi connectivity index (χ2n) is 4.44. The Kier molecular flexibility index (Phi) is 4.70. The van der Waals surface area contributed by atoms with Crippen LogP contribution in [0.15, 0.2) is 17.0 Å². The van der Waals surface area contributed by atoms with Gasteiger partial charge < -0.3 is 4.90 Å². The maximum Gasteiger partial charge on any atom is 0.254 e. The van der Waals surface area contributed by atoms with Crippen LogP contribution in [0.3, 0.4) is 0 Å². The predicted molar refractivity (Wildman–Crippen MR) is 74.5 cm³/mol. The maximum absolute atomic E-state index is 12.3. The molecule has 0 radical (unpaired) electrons. The molecule has 5 nitrogen and oxygen atoms in total. The summed E-state index contributed by atoms with van der Waals surface area (Å²) in [5.74, 6) is -0.170. The highest BCUT2D eigenvalue weighted by Gasteiger charge is 2.19. The third-order valence-electron chi connectivity index (χ3n) is 3.25. The van der Waals surface area contributed by atoms with Crippen LogP contribution in [0, 0.1) is 13.8 Å². The van der Waals surface area contributed by atoms with Gasteiger partial charge in [0.2, 0.25) is 10.0 Å². The van der Waals surface area contributed by atoms with E-state index in [1.54, 1.807) is 18.7 Å². The molecule has 1 aromatic rings. The smallest absolute Gasteiger partial charge is 0.254 e. The zero-order chi connectivity index (χ0) is 14.8. The summed E-state index contributed by atoms with van der Waals surface area (Å²) < 4.78 is 22.9. The van der Waals surface area contributed by atoms with E-state index in [2.05, 4.69) is 0 Å². The van der Waals surface area contributed by atoms with Gasteiger partial charge in [-0.2, -0.15) is 0 Å². The molecule has 1 aromatic carbocycles. The van der Waals surface area contributed by atoms with E-state index in [1.165, 1.54) is 12.1 Å². The minimum atomic E-state index is -3.81. The molecule has 0 aromatic heterocycles. The Hall–Kier alpha value is -1.40. The molecule has 0 aliphatic heterocycles.